The van der Waals surface area contributed by atoms with Gasteiger partial charge in [-0.3, -0.25) is 9.59 Å². The molecule has 0 aromatic heterocycles. The van der Waals surface area contributed by atoms with E-state index >= 15 is 0 Å². The molecule has 0 saturated heterocycles. The fourth-order valence-corrected chi connectivity index (χ4v) is 2.30. The first kappa shape index (κ1) is 19.3. The highest BCUT2D eigenvalue weighted by atomic mass is 16.5. The average Bonchev–Trinajstić information content (AvgIpc) is 2.64. The third-order valence-corrected chi connectivity index (χ3v) is 3.65. The molecule has 0 aliphatic heterocycles. The highest BCUT2D eigenvalue weighted by Gasteiger charge is 2.08. The molecule has 0 saturated carbocycles. The number of nitrogens with one attached hydrogen (secondary N) is 3. The summed E-state index contributed by atoms with van der Waals surface area (Å²) in [7, 11) is 1.61. The minimum absolute atomic E-state index is 0.0721. The van der Waals surface area contributed by atoms with Crippen molar-refractivity contribution in [1.29, 1.82) is 0 Å². The molecule has 0 heterocycles. The van der Waals surface area contributed by atoms with Crippen molar-refractivity contribution >= 4 is 17.5 Å². The van der Waals surface area contributed by atoms with Gasteiger partial charge in [0.15, 0.2) is 0 Å². The van der Waals surface area contributed by atoms with E-state index in [0.717, 1.165) is 17.0 Å². The molecule has 0 unspecified atom stereocenters. The summed E-state index contributed by atoms with van der Waals surface area (Å²) in [5.74, 6) is 0.522. The van der Waals surface area contributed by atoms with Crippen molar-refractivity contribution in [1.82, 2.24) is 10.6 Å². The smallest absolute Gasteiger partial charge is 0.251 e. The monoisotopic (exact) mass is 355 g/mol. The van der Waals surface area contributed by atoms with Crippen LogP contribution in [0.3, 0.4) is 0 Å². The van der Waals surface area contributed by atoms with Crippen molar-refractivity contribution in [3.8, 4) is 5.75 Å². The van der Waals surface area contributed by atoms with Crippen LogP contribution in [0.4, 0.5) is 5.69 Å². The van der Waals surface area contributed by atoms with Crippen LogP contribution in [0.25, 0.3) is 0 Å². The van der Waals surface area contributed by atoms with Gasteiger partial charge < -0.3 is 20.7 Å². The Hall–Kier alpha value is -3.02. The molecule has 26 heavy (non-hydrogen) atoms. The van der Waals surface area contributed by atoms with Crippen LogP contribution < -0.4 is 20.7 Å². The van der Waals surface area contributed by atoms with Gasteiger partial charge in [-0.05, 0) is 49.7 Å². The number of rotatable bonds is 8. The molecule has 2 amide bonds. The molecule has 0 spiro atoms. The van der Waals surface area contributed by atoms with E-state index in [9.17, 15) is 9.59 Å². The van der Waals surface area contributed by atoms with E-state index in [2.05, 4.69) is 16.0 Å². The number of hydrogen-bond acceptors (Lipinski definition) is 4. The van der Waals surface area contributed by atoms with Crippen LogP contribution in [-0.2, 0) is 11.3 Å². The topological polar surface area (TPSA) is 79.5 Å². The lowest BCUT2D eigenvalue weighted by Gasteiger charge is -2.11. The van der Waals surface area contributed by atoms with E-state index in [1.807, 2.05) is 44.2 Å². The summed E-state index contributed by atoms with van der Waals surface area (Å²) in [5, 5.41) is 8.73. The normalized spacial score (nSPS) is 10.3. The molecule has 0 radical (unpaired) electrons. The fraction of sp³-hybridized carbons (Fsp3) is 0.300. The van der Waals surface area contributed by atoms with Crippen molar-refractivity contribution in [2.24, 2.45) is 0 Å². The van der Waals surface area contributed by atoms with Gasteiger partial charge in [0.1, 0.15) is 5.75 Å². The summed E-state index contributed by atoms with van der Waals surface area (Å²) in [5.41, 5.74) is 2.27. The molecule has 0 bridgehead atoms. The van der Waals surface area contributed by atoms with Gasteiger partial charge in [-0.25, -0.2) is 0 Å². The molecule has 3 N–H and O–H groups in total. The predicted octanol–water partition coefficient (Wildman–Crippen LogP) is 2.56. The van der Waals surface area contributed by atoms with Crippen LogP contribution >= 0.6 is 0 Å². The largest absolute Gasteiger partial charge is 0.497 e. The maximum Gasteiger partial charge on any atom is 0.251 e. The molecule has 0 aliphatic carbocycles. The summed E-state index contributed by atoms with van der Waals surface area (Å²) in [6.45, 7) is 4.40. The van der Waals surface area contributed by atoms with E-state index in [1.54, 1.807) is 25.3 Å². The molecular weight excluding hydrogens is 330 g/mol. The Labute approximate surface area is 153 Å². The summed E-state index contributed by atoms with van der Waals surface area (Å²) >= 11 is 0. The highest BCUT2D eigenvalue weighted by molar-refractivity contribution is 5.95. The maximum absolute atomic E-state index is 12.0. The summed E-state index contributed by atoms with van der Waals surface area (Å²) in [6.07, 6.45) is 0. The van der Waals surface area contributed by atoms with Gasteiger partial charge in [-0.2, -0.15) is 0 Å². The van der Waals surface area contributed by atoms with Crippen LogP contribution in [0.2, 0.25) is 0 Å². The predicted molar refractivity (Wildman–Crippen MR) is 102 cm³/mol. The first-order valence-electron chi connectivity index (χ1n) is 8.52. The van der Waals surface area contributed by atoms with Crippen LogP contribution in [-0.4, -0.2) is 31.5 Å². The molecule has 138 valence electrons. The molecule has 0 atom stereocenters. The average molecular weight is 355 g/mol. The summed E-state index contributed by atoms with van der Waals surface area (Å²) < 4.78 is 5.10. The Balaban J connectivity index is 1.82. The minimum Gasteiger partial charge on any atom is -0.497 e. The third-order valence-electron chi connectivity index (χ3n) is 3.65. The van der Waals surface area contributed by atoms with E-state index in [0.29, 0.717) is 12.1 Å². The number of carbonyl (C=O) groups excluding carboxylic acids is 2. The van der Waals surface area contributed by atoms with Crippen LogP contribution in [0.15, 0.2) is 48.5 Å². The van der Waals surface area contributed by atoms with E-state index in [1.165, 1.54) is 0 Å². The highest BCUT2D eigenvalue weighted by Crippen LogP contribution is 2.12. The summed E-state index contributed by atoms with van der Waals surface area (Å²) in [6, 6.07) is 14.7. The molecule has 0 fully saturated rings. The molecule has 2 aromatic rings. The quantitative estimate of drug-likeness (QED) is 0.680. The maximum atomic E-state index is 12.0. The van der Waals surface area contributed by atoms with Gasteiger partial charge in [0.2, 0.25) is 5.91 Å². The van der Waals surface area contributed by atoms with Crippen LogP contribution in [0.1, 0.15) is 29.8 Å². The second kappa shape index (κ2) is 9.46. The number of amides is 2. The molecular formula is C20H25N3O3. The second-order valence-electron chi connectivity index (χ2n) is 6.19. The molecule has 2 rings (SSSR count). The molecule has 6 nitrogen and oxygen atoms in total. The first-order valence-corrected chi connectivity index (χ1v) is 8.52. The lowest BCUT2D eigenvalue weighted by molar-refractivity contribution is -0.119. The van der Waals surface area contributed by atoms with E-state index in [4.69, 9.17) is 4.74 Å². The Morgan fingerprint density at radius 1 is 1.08 bits per heavy atom. The zero-order valence-corrected chi connectivity index (χ0v) is 15.3. The van der Waals surface area contributed by atoms with Crippen LogP contribution in [0, 0.1) is 0 Å². The zero-order valence-electron chi connectivity index (χ0n) is 15.3. The SMILES string of the molecule is COc1ccc(CNC(=O)CNc2cccc(C(=O)NC(C)C)c2)cc1. The third kappa shape index (κ3) is 6.12. The van der Waals surface area contributed by atoms with Gasteiger partial charge in [0, 0.05) is 23.8 Å². The van der Waals surface area contributed by atoms with Gasteiger partial charge in [-0.1, -0.05) is 18.2 Å². The molecule has 6 heteroatoms. The van der Waals surface area contributed by atoms with Gasteiger partial charge in [0.25, 0.3) is 5.91 Å². The van der Waals surface area contributed by atoms with Crippen molar-refractivity contribution in [3.63, 3.8) is 0 Å². The molecule has 2 aromatic carbocycles. The lowest BCUT2D eigenvalue weighted by Crippen LogP contribution is -2.30. The van der Waals surface area contributed by atoms with E-state index in [-0.39, 0.29) is 24.4 Å². The lowest BCUT2D eigenvalue weighted by atomic mass is 10.1. The number of hydrogen-bond donors (Lipinski definition) is 3. The fourth-order valence-electron chi connectivity index (χ4n) is 2.30. The van der Waals surface area contributed by atoms with Crippen LogP contribution in [0.5, 0.6) is 5.75 Å². The number of carbonyl (C=O) groups is 2. The van der Waals surface area contributed by atoms with Gasteiger partial charge in [0.05, 0.1) is 13.7 Å². The Morgan fingerprint density at radius 3 is 2.46 bits per heavy atom. The van der Waals surface area contributed by atoms with E-state index < -0.39 is 0 Å². The number of methoxy groups -OCH3 is 1. The second-order valence-corrected chi connectivity index (χ2v) is 6.19. The van der Waals surface area contributed by atoms with Crippen molar-refractivity contribution in [2.75, 3.05) is 19.0 Å². The standard InChI is InChI=1S/C20H25N3O3/c1-14(2)23-20(25)16-5-4-6-17(11-16)21-13-19(24)22-12-15-7-9-18(26-3)10-8-15/h4-11,14,21H,12-13H2,1-3H3,(H,22,24)(H,23,25). The Bertz CT molecular complexity index is 742. The van der Waals surface area contributed by atoms with Gasteiger partial charge >= 0.3 is 0 Å². The van der Waals surface area contributed by atoms with Gasteiger partial charge in [-0.15, -0.1) is 0 Å². The van der Waals surface area contributed by atoms with Crippen molar-refractivity contribution < 1.29 is 14.3 Å². The minimum atomic E-state index is -0.132. The zero-order chi connectivity index (χ0) is 18.9. The number of anilines is 1. The first-order chi connectivity index (χ1) is 12.5. The number of ether oxygens (including phenoxy) is 1. The Kier molecular flexibility index (Phi) is 7.02. The summed E-state index contributed by atoms with van der Waals surface area (Å²) in [4.78, 5) is 24.0. The van der Waals surface area contributed by atoms with Crippen molar-refractivity contribution in [3.05, 3.63) is 59.7 Å². The molecule has 0 aliphatic rings. The Morgan fingerprint density at radius 2 is 1.81 bits per heavy atom. The van der Waals surface area contributed by atoms with Crippen molar-refractivity contribution in [2.45, 2.75) is 26.4 Å². The number of benzene rings is 2.